The molecule has 1 aliphatic heterocycles. The molecule has 3 heteroatoms. The van der Waals surface area contributed by atoms with Crippen LogP contribution in [-0.4, -0.2) is 43.5 Å². The van der Waals surface area contributed by atoms with Gasteiger partial charge < -0.3 is 4.74 Å². The Kier molecular flexibility index (Phi) is 4.95. The first-order valence-electron chi connectivity index (χ1n) is 7.37. The van der Waals surface area contributed by atoms with Crippen molar-refractivity contribution in [1.29, 1.82) is 0 Å². The van der Waals surface area contributed by atoms with Gasteiger partial charge in [0.25, 0.3) is 0 Å². The first-order chi connectivity index (χ1) is 9.51. The third kappa shape index (κ3) is 3.47. The second kappa shape index (κ2) is 6.51. The molecule has 0 amide bonds. The summed E-state index contributed by atoms with van der Waals surface area (Å²) >= 11 is 0. The third-order valence-corrected chi connectivity index (χ3v) is 4.33. The van der Waals surface area contributed by atoms with E-state index in [0.717, 1.165) is 30.6 Å². The summed E-state index contributed by atoms with van der Waals surface area (Å²) in [6.07, 6.45) is 1.34. The topological polar surface area (TPSA) is 29.5 Å². The van der Waals surface area contributed by atoms with Crippen molar-refractivity contribution in [2.75, 3.05) is 26.7 Å². The second-order valence-corrected chi connectivity index (χ2v) is 6.02. The maximum absolute atomic E-state index is 12.4. The number of nitrogens with zero attached hydrogens (tertiary/aromatic N) is 1. The van der Waals surface area contributed by atoms with E-state index in [1.54, 1.807) is 7.11 Å². The van der Waals surface area contributed by atoms with Gasteiger partial charge in [0, 0.05) is 19.2 Å². The van der Waals surface area contributed by atoms with Gasteiger partial charge in [-0.3, -0.25) is 9.69 Å². The summed E-state index contributed by atoms with van der Waals surface area (Å²) in [4.78, 5) is 14.7. The van der Waals surface area contributed by atoms with E-state index >= 15 is 0 Å². The standard InChI is InChI=1S/C17H25NO2/c1-12-5-6-15(14(3)9-12)16(19)10-18-8-7-13(2)17(11-18)20-4/h5-6,9,13,17H,7-8,10-11H2,1-4H3. The first-order valence-corrected chi connectivity index (χ1v) is 7.37. The highest BCUT2D eigenvalue weighted by Crippen LogP contribution is 2.20. The number of hydrogen-bond donors (Lipinski definition) is 0. The maximum Gasteiger partial charge on any atom is 0.177 e. The summed E-state index contributed by atoms with van der Waals surface area (Å²) in [5, 5.41) is 0. The molecular formula is C17H25NO2. The lowest BCUT2D eigenvalue weighted by Crippen LogP contribution is -2.45. The number of piperidine rings is 1. The molecule has 1 heterocycles. The molecule has 2 unspecified atom stereocenters. The molecule has 110 valence electrons. The fourth-order valence-electron chi connectivity index (χ4n) is 2.96. The van der Waals surface area contributed by atoms with Gasteiger partial charge >= 0.3 is 0 Å². The van der Waals surface area contributed by atoms with Crippen LogP contribution in [0, 0.1) is 19.8 Å². The smallest absolute Gasteiger partial charge is 0.177 e. The van der Waals surface area contributed by atoms with Crippen molar-refractivity contribution in [1.82, 2.24) is 4.90 Å². The Morgan fingerprint density at radius 1 is 1.40 bits per heavy atom. The van der Waals surface area contributed by atoms with Crippen LogP contribution in [0.15, 0.2) is 18.2 Å². The fraction of sp³-hybridized carbons (Fsp3) is 0.588. The minimum Gasteiger partial charge on any atom is -0.380 e. The molecule has 0 N–H and O–H groups in total. The van der Waals surface area contributed by atoms with Crippen LogP contribution in [0.4, 0.5) is 0 Å². The van der Waals surface area contributed by atoms with E-state index in [2.05, 4.69) is 24.8 Å². The summed E-state index contributed by atoms with van der Waals surface area (Å²) in [5.41, 5.74) is 3.12. The molecule has 0 aromatic heterocycles. The van der Waals surface area contributed by atoms with Crippen molar-refractivity contribution < 1.29 is 9.53 Å². The number of ether oxygens (including phenoxy) is 1. The summed E-state index contributed by atoms with van der Waals surface area (Å²) < 4.78 is 5.51. The number of carbonyl (C=O) groups excluding carboxylic acids is 1. The van der Waals surface area contributed by atoms with E-state index < -0.39 is 0 Å². The number of likely N-dealkylation sites (tertiary alicyclic amines) is 1. The number of Topliss-reactive ketones (excluding diaryl/α,β-unsaturated/α-hetero) is 1. The lowest BCUT2D eigenvalue weighted by molar-refractivity contribution is -0.00325. The van der Waals surface area contributed by atoms with Crippen molar-refractivity contribution >= 4 is 5.78 Å². The van der Waals surface area contributed by atoms with Gasteiger partial charge in [0.2, 0.25) is 0 Å². The molecule has 0 aliphatic carbocycles. The van der Waals surface area contributed by atoms with Crippen LogP contribution in [0.1, 0.15) is 34.8 Å². The van der Waals surface area contributed by atoms with E-state index in [-0.39, 0.29) is 11.9 Å². The lowest BCUT2D eigenvalue weighted by atomic mass is 9.95. The molecule has 2 rings (SSSR count). The minimum absolute atomic E-state index is 0.215. The Morgan fingerprint density at radius 2 is 2.15 bits per heavy atom. The van der Waals surface area contributed by atoms with E-state index in [1.165, 1.54) is 5.56 Å². The average Bonchev–Trinajstić information content (AvgIpc) is 2.40. The molecule has 2 atom stereocenters. The fourth-order valence-corrected chi connectivity index (χ4v) is 2.96. The Labute approximate surface area is 121 Å². The quantitative estimate of drug-likeness (QED) is 0.791. The highest BCUT2D eigenvalue weighted by atomic mass is 16.5. The average molecular weight is 275 g/mol. The molecule has 1 aromatic carbocycles. The predicted octanol–water partition coefficient (Wildman–Crippen LogP) is 2.84. The monoisotopic (exact) mass is 275 g/mol. The number of hydrogen-bond acceptors (Lipinski definition) is 3. The van der Waals surface area contributed by atoms with Gasteiger partial charge in [-0.05, 0) is 38.3 Å². The first kappa shape index (κ1) is 15.2. The van der Waals surface area contributed by atoms with Crippen molar-refractivity contribution in [3.63, 3.8) is 0 Å². The van der Waals surface area contributed by atoms with Crippen LogP contribution in [0.3, 0.4) is 0 Å². The molecule has 1 aliphatic rings. The van der Waals surface area contributed by atoms with Gasteiger partial charge in [-0.15, -0.1) is 0 Å². The largest absolute Gasteiger partial charge is 0.380 e. The van der Waals surface area contributed by atoms with Gasteiger partial charge in [-0.25, -0.2) is 0 Å². The molecule has 1 aromatic rings. The van der Waals surface area contributed by atoms with Crippen molar-refractivity contribution in [3.05, 3.63) is 34.9 Å². The summed E-state index contributed by atoms with van der Waals surface area (Å²) in [7, 11) is 1.76. The van der Waals surface area contributed by atoms with Gasteiger partial charge in [-0.2, -0.15) is 0 Å². The zero-order valence-electron chi connectivity index (χ0n) is 13.0. The molecule has 0 bridgehead atoms. The van der Waals surface area contributed by atoms with Crippen LogP contribution < -0.4 is 0 Å². The van der Waals surface area contributed by atoms with E-state index in [1.807, 2.05) is 19.1 Å². The number of methoxy groups -OCH3 is 1. The highest BCUT2D eigenvalue weighted by molar-refractivity contribution is 5.99. The summed E-state index contributed by atoms with van der Waals surface area (Å²) in [6, 6.07) is 6.04. The number of rotatable bonds is 4. The molecule has 0 spiro atoms. The molecule has 0 radical (unpaired) electrons. The van der Waals surface area contributed by atoms with Gasteiger partial charge in [0.05, 0.1) is 12.6 Å². The summed E-state index contributed by atoms with van der Waals surface area (Å²) in [6.45, 7) is 8.62. The number of benzene rings is 1. The number of aryl methyl sites for hydroxylation is 2. The highest BCUT2D eigenvalue weighted by Gasteiger charge is 2.27. The van der Waals surface area contributed by atoms with Crippen molar-refractivity contribution in [2.45, 2.75) is 33.3 Å². The molecular weight excluding hydrogens is 250 g/mol. The Bertz CT molecular complexity index is 484. The van der Waals surface area contributed by atoms with Crippen LogP contribution in [0.25, 0.3) is 0 Å². The SMILES string of the molecule is COC1CN(CC(=O)c2ccc(C)cc2C)CCC1C. The van der Waals surface area contributed by atoms with Crippen LogP contribution in [0.5, 0.6) is 0 Å². The number of ketones is 1. The van der Waals surface area contributed by atoms with E-state index in [4.69, 9.17) is 4.74 Å². The van der Waals surface area contributed by atoms with Crippen molar-refractivity contribution in [3.8, 4) is 0 Å². The normalized spacial score (nSPS) is 23.8. The zero-order valence-corrected chi connectivity index (χ0v) is 13.0. The molecule has 1 fully saturated rings. The second-order valence-electron chi connectivity index (χ2n) is 6.02. The Morgan fingerprint density at radius 3 is 2.80 bits per heavy atom. The van der Waals surface area contributed by atoms with Crippen LogP contribution in [-0.2, 0) is 4.74 Å². The molecule has 1 saturated heterocycles. The van der Waals surface area contributed by atoms with Crippen molar-refractivity contribution in [2.24, 2.45) is 5.92 Å². The molecule has 0 saturated carbocycles. The van der Waals surface area contributed by atoms with Gasteiger partial charge in [0.1, 0.15) is 0 Å². The van der Waals surface area contributed by atoms with Gasteiger partial charge in [-0.1, -0.05) is 30.7 Å². The lowest BCUT2D eigenvalue weighted by Gasteiger charge is -2.35. The predicted molar refractivity (Wildman–Crippen MR) is 81.3 cm³/mol. The molecule has 20 heavy (non-hydrogen) atoms. The third-order valence-electron chi connectivity index (χ3n) is 4.33. The minimum atomic E-state index is 0.215. The van der Waals surface area contributed by atoms with E-state index in [0.29, 0.717) is 12.5 Å². The Hall–Kier alpha value is -1.19. The molecule has 3 nitrogen and oxygen atoms in total. The maximum atomic E-state index is 12.4. The van der Waals surface area contributed by atoms with Crippen LogP contribution >= 0.6 is 0 Å². The van der Waals surface area contributed by atoms with E-state index in [9.17, 15) is 4.79 Å². The summed E-state index contributed by atoms with van der Waals surface area (Å²) in [5.74, 6) is 0.791. The van der Waals surface area contributed by atoms with Gasteiger partial charge in [0.15, 0.2) is 5.78 Å². The number of carbonyl (C=O) groups is 1. The van der Waals surface area contributed by atoms with Crippen LogP contribution in [0.2, 0.25) is 0 Å². The Balaban J connectivity index is 2.01. The zero-order chi connectivity index (χ0) is 14.7.